The minimum atomic E-state index is -1.73. The molecule has 0 N–H and O–H groups in total. The van der Waals surface area contributed by atoms with E-state index in [4.69, 9.17) is 9.47 Å². The molecule has 140 valence electrons. The summed E-state index contributed by atoms with van der Waals surface area (Å²) in [5.41, 5.74) is -0.313. The second-order valence-electron chi connectivity index (χ2n) is 5.24. The van der Waals surface area contributed by atoms with Gasteiger partial charge in [-0.1, -0.05) is 0 Å². The van der Waals surface area contributed by atoms with Gasteiger partial charge in [-0.25, -0.2) is 0 Å². The van der Waals surface area contributed by atoms with E-state index in [0.717, 1.165) is 31.2 Å². The number of carbonyl (C=O) groups is 4. The summed E-state index contributed by atoms with van der Waals surface area (Å²) < 4.78 is 9.64. The van der Waals surface area contributed by atoms with Crippen LogP contribution >= 0.6 is 0 Å². The normalized spacial score (nSPS) is 12.6. The van der Waals surface area contributed by atoms with Gasteiger partial charge in [0.25, 0.3) is 5.69 Å². The van der Waals surface area contributed by atoms with E-state index >= 15 is 0 Å². The second kappa shape index (κ2) is 9.40. The maximum absolute atomic E-state index is 12.8. The predicted molar refractivity (Wildman–Crippen MR) is 88.4 cm³/mol. The van der Waals surface area contributed by atoms with Gasteiger partial charge < -0.3 is 9.47 Å². The van der Waals surface area contributed by atoms with Crippen molar-refractivity contribution in [1.82, 2.24) is 0 Å². The highest BCUT2D eigenvalue weighted by atomic mass is 16.6. The summed E-state index contributed by atoms with van der Waals surface area (Å²) in [6, 6.07) is 4.47. The second-order valence-corrected chi connectivity index (χ2v) is 5.24. The van der Waals surface area contributed by atoms with Crippen molar-refractivity contribution in [2.75, 3.05) is 13.2 Å². The molecular weight excluding hydrogens is 346 g/mol. The van der Waals surface area contributed by atoms with Gasteiger partial charge in [0.1, 0.15) is 17.6 Å². The molecule has 0 saturated carbocycles. The Balaban J connectivity index is 3.32. The van der Waals surface area contributed by atoms with E-state index in [0.29, 0.717) is 0 Å². The van der Waals surface area contributed by atoms with Crippen molar-refractivity contribution in [1.29, 1.82) is 0 Å². The number of rotatable bonds is 9. The van der Waals surface area contributed by atoms with E-state index in [2.05, 4.69) is 0 Å². The number of carbonyl (C=O) groups excluding carboxylic acids is 4. The number of hydrogen-bond acceptors (Lipinski definition) is 8. The number of nitro benzene ring substituents is 1. The summed E-state index contributed by atoms with van der Waals surface area (Å²) in [5.74, 6) is -7.01. The topological polar surface area (TPSA) is 130 Å². The van der Waals surface area contributed by atoms with E-state index < -0.39 is 40.3 Å². The molecule has 2 unspecified atom stereocenters. The molecule has 0 heterocycles. The highest BCUT2D eigenvalue weighted by Crippen LogP contribution is 2.24. The van der Waals surface area contributed by atoms with E-state index in [-0.39, 0.29) is 24.5 Å². The van der Waals surface area contributed by atoms with Gasteiger partial charge in [-0.3, -0.25) is 29.3 Å². The van der Waals surface area contributed by atoms with Crippen LogP contribution in [0.4, 0.5) is 5.69 Å². The number of ketones is 2. The van der Waals surface area contributed by atoms with Crippen molar-refractivity contribution in [3.05, 3.63) is 39.9 Å². The highest BCUT2D eigenvalue weighted by molar-refractivity contribution is 6.15. The molecule has 0 amide bonds. The lowest BCUT2D eigenvalue weighted by Gasteiger charge is -2.21. The van der Waals surface area contributed by atoms with Gasteiger partial charge in [-0.2, -0.15) is 0 Å². The summed E-state index contributed by atoms with van der Waals surface area (Å²) >= 11 is 0. The molecule has 2 atom stereocenters. The van der Waals surface area contributed by atoms with Crippen molar-refractivity contribution < 1.29 is 33.6 Å². The average Bonchev–Trinajstić information content (AvgIpc) is 2.58. The number of ether oxygens (including phenoxy) is 2. The first-order chi connectivity index (χ1) is 12.2. The van der Waals surface area contributed by atoms with Crippen LogP contribution < -0.4 is 0 Å². The van der Waals surface area contributed by atoms with Crippen molar-refractivity contribution in [2.45, 2.75) is 20.8 Å². The molecule has 0 bridgehead atoms. The molecule has 1 aromatic rings. The highest BCUT2D eigenvalue weighted by Gasteiger charge is 2.44. The largest absolute Gasteiger partial charge is 0.465 e. The lowest BCUT2D eigenvalue weighted by molar-refractivity contribution is -0.384. The maximum atomic E-state index is 12.8. The zero-order valence-corrected chi connectivity index (χ0v) is 14.6. The van der Waals surface area contributed by atoms with Gasteiger partial charge in [0.05, 0.1) is 18.1 Å². The molecular formula is C17H19NO8. The third kappa shape index (κ3) is 4.95. The lowest BCUT2D eigenvalue weighted by atomic mass is 9.83. The summed E-state index contributed by atoms with van der Waals surface area (Å²) in [4.78, 5) is 59.2. The van der Waals surface area contributed by atoms with Gasteiger partial charge in [-0.05, 0) is 32.9 Å². The standard InChI is InChI=1S/C17H19NO8/c1-4-25-16(21)13(10(3)19)14(17(22)26-5-2)15(20)11-6-8-12(9-7-11)18(23)24/h6-9,13-14H,4-5H2,1-3H3. The molecule has 1 aromatic carbocycles. The van der Waals surface area contributed by atoms with Crippen LogP contribution in [-0.2, 0) is 23.9 Å². The predicted octanol–water partition coefficient (Wildman–Crippen LogP) is 1.73. The quantitative estimate of drug-likeness (QED) is 0.213. The van der Waals surface area contributed by atoms with E-state index in [1.165, 1.54) is 13.8 Å². The third-order valence-corrected chi connectivity index (χ3v) is 3.50. The lowest BCUT2D eigenvalue weighted by Crippen LogP contribution is -2.41. The van der Waals surface area contributed by atoms with Crippen LogP contribution in [0, 0.1) is 22.0 Å². The molecule has 0 aliphatic rings. The Kier molecular flexibility index (Phi) is 7.57. The SMILES string of the molecule is CCOC(=O)C(C(C)=O)C(C(=O)OCC)C(=O)c1ccc([N+](=O)[O-])cc1. The molecule has 0 saturated heterocycles. The molecule has 26 heavy (non-hydrogen) atoms. The first kappa shape index (κ1) is 20.9. The number of non-ortho nitro benzene ring substituents is 1. The molecule has 0 spiro atoms. The Morgan fingerprint density at radius 1 is 0.962 bits per heavy atom. The number of esters is 2. The van der Waals surface area contributed by atoms with Crippen LogP contribution in [0.3, 0.4) is 0 Å². The first-order valence-electron chi connectivity index (χ1n) is 7.86. The van der Waals surface area contributed by atoms with Gasteiger partial charge in [0.15, 0.2) is 5.78 Å². The number of hydrogen-bond donors (Lipinski definition) is 0. The smallest absolute Gasteiger partial charge is 0.318 e. The number of nitro groups is 1. The Bertz CT molecular complexity index is 710. The summed E-state index contributed by atoms with van der Waals surface area (Å²) in [5, 5.41) is 10.7. The Morgan fingerprint density at radius 2 is 1.42 bits per heavy atom. The van der Waals surface area contributed by atoms with Crippen molar-refractivity contribution in [2.24, 2.45) is 11.8 Å². The first-order valence-corrected chi connectivity index (χ1v) is 7.86. The molecule has 0 fully saturated rings. The number of nitrogens with zero attached hydrogens (tertiary/aromatic N) is 1. The van der Waals surface area contributed by atoms with E-state index in [1.807, 2.05) is 0 Å². The fourth-order valence-corrected chi connectivity index (χ4v) is 2.32. The minimum Gasteiger partial charge on any atom is -0.465 e. The zero-order valence-electron chi connectivity index (χ0n) is 14.6. The maximum Gasteiger partial charge on any atom is 0.318 e. The fraction of sp³-hybridized carbons (Fsp3) is 0.412. The van der Waals surface area contributed by atoms with Gasteiger partial charge in [0, 0.05) is 17.7 Å². The minimum absolute atomic E-state index is 0.0378. The molecule has 0 aliphatic carbocycles. The molecule has 0 radical (unpaired) electrons. The van der Waals surface area contributed by atoms with Gasteiger partial charge >= 0.3 is 11.9 Å². The molecule has 0 aromatic heterocycles. The van der Waals surface area contributed by atoms with Crippen LogP contribution in [0.25, 0.3) is 0 Å². The monoisotopic (exact) mass is 365 g/mol. The third-order valence-electron chi connectivity index (χ3n) is 3.50. The summed E-state index contributed by atoms with van der Waals surface area (Å²) in [7, 11) is 0. The van der Waals surface area contributed by atoms with Crippen molar-refractivity contribution in [3.63, 3.8) is 0 Å². The average molecular weight is 365 g/mol. The Morgan fingerprint density at radius 3 is 1.81 bits per heavy atom. The van der Waals surface area contributed by atoms with Crippen LogP contribution in [-0.4, -0.2) is 41.6 Å². The summed E-state index contributed by atoms with van der Waals surface area (Å²) in [6.45, 7) is 4.00. The summed E-state index contributed by atoms with van der Waals surface area (Å²) in [6.07, 6.45) is 0. The fourth-order valence-electron chi connectivity index (χ4n) is 2.32. The van der Waals surface area contributed by atoms with Crippen molar-refractivity contribution in [3.8, 4) is 0 Å². The Hall–Kier alpha value is -3.10. The van der Waals surface area contributed by atoms with Crippen LogP contribution in [0.5, 0.6) is 0 Å². The molecule has 1 rings (SSSR count). The van der Waals surface area contributed by atoms with E-state index in [9.17, 15) is 29.3 Å². The van der Waals surface area contributed by atoms with Gasteiger partial charge in [-0.15, -0.1) is 0 Å². The molecule has 0 aliphatic heterocycles. The van der Waals surface area contributed by atoms with Crippen molar-refractivity contribution >= 4 is 29.2 Å². The van der Waals surface area contributed by atoms with Crippen LogP contribution in [0.2, 0.25) is 0 Å². The molecule has 9 nitrogen and oxygen atoms in total. The van der Waals surface area contributed by atoms with Gasteiger partial charge in [0.2, 0.25) is 0 Å². The Labute approximate surface area is 149 Å². The van der Waals surface area contributed by atoms with E-state index in [1.54, 1.807) is 0 Å². The molecule has 9 heteroatoms. The zero-order chi connectivity index (χ0) is 19.9. The van der Waals surface area contributed by atoms with Crippen LogP contribution in [0.15, 0.2) is 24.3 Å². The van der Waals surface area contributed by atoms with Crippen LogP contribution in [0.1, 0.15) is 31.1 Å². The number of Topliss-reactive ketones (excluding diaryl/α,β-unsaturated/α-hetero) is 2. The number of benzene rings is 1.